The molecular formula is C22H32N4O. The molecule has 1 aromatic heterocycles. The standard InChI is InChI=1S/C22H32N4O/c1-3-23-22(25-16-21-12-8-14-27-21)24-15-19-10-4-5-11-20(19)17-26-13-7-6-9-18(26)2/h4-5,8,10-12,14,18H,3,6-7,9,13,15-17H2,1-2H3,(H2,23,24,25). The van der Waals surface area contributed by atoms with Crippen LogP contribution in [-0.4, -0.2) is 30.0 Å². The van der Waals surface area contributed by atoms with Gasteiger partial charge in [0.2, 0.25) is 0 Å². The summed E-state index contributed by atoms with van der Waals surface area (Å²) in [4.78, 5) is 7.39. The lowest BCUT2D eigenvalue weighted by Gasteiger charge is -2.33. The van der Waals surface area contributed by atoms with E-state index in [1.165, 1.54) is 36.9 Å². The first-order valence-electron chi connectivity index (χ1n) is 10.1. The Balaban J connectivity index is 1.64. The van der Waals surface area contributed by atoms with Crippen molar-refractivity contribution in [3.63, 3.8) is 0 Å². The number of benzene rings is 1. The van der Waals surface area contributed by atoms with Crippen molar-refractivity contribution in [2.24, 2.45) is 4.99 Å². The molecule has 5 heteroatoms. The fourth-order valence-electron chi connectivity index (χ4n) is 3.57. The molecular weight excluding hydrogens is 336 g/mol. The smallest absolute Gasteiger partial charge is 0.191 e. The van der Waals surface area contributed by atoms with E-state index in [0.29, 0.717) is 19.1 Å². The van der Waals surface area contributed by atoms with Crippen LogP contribution in [0.3, 0.4) is 0 Å². The minimum absolute atomic E-state index is 0.631. The molecule has 1 unspecified atom stereocenters. The van der Waals surface area contributed by atoms with Gasteiger partial charge in [0.15, 0.2) is 5.96 Å². The molecule has 0 radical (unpaired) electrons. The second-order valence-electron chi connectivity index (χ2n) is 7.21. The first-order chi connectivity index (χ1) is 13.3. The maximum atomic E-state index is 5.39. The summed E-state index contributed by atoms with van der Waals surface area (Å²) in [6, 6.07) is 13.2. The largest absolute Gasteiger partial charge is 0.467 e. The molecule has 1 atom stereocenters. The average Bonchev–Trinajstić information content (AvgIpc) is 3.20. The number of rotatable bonds is 7. The Kier molecular flexibility index (Phi) is 7.34. The SMILES string of the molecule is CCNC(=NCc1ccccc1CN1CCCCC1C)NCc1ccco1. The van der Waals surface area contributed by atoms with Crippen molar-refractivity contribution in [2.75, 3.05) is 13.1 Å². The minimum Gasteiger partial charge on any atom is -0.467 e. The summed E-state index contributed by atoms with van der Waals surface area (Å²) in [5.41, 5.74) is 2.68. The predicted molar refractivity (Wildman–Crippen MR) is 111 cm³/mol. The van der Waals surface area contributed by atoms with Crippen molar-refractivity contribution in [3.05, 3.63) is 59.5 Å². The molecule has 2 heterocycles. The zero-order valence-electron chi connectivity index (χ0n) is 16.6. The summed E-state index contributed by atoms with van der Waals surface area (Å²) in [6.45, 7) is 8.78. The van der Waals surface area contributed by atoms with Gasteiger partial charge >= 0.3 is 0 Å². The highest BCUT2D eigenvalue weighted by Crippen LogP contribution is 2.21. The van der Waals surface area contributed by atoms with Crippen LogP contribution in [0.5, 0.6) is 0 Å². The summed E-state index contributed by atoms with van der Waals surface area (Å²) in [5, 5.41) is 6.65. The van der Waals surface area contributed by atoms with Gasteiger partial charge in [-0.25, -0.2) is 4.99 Å². The number of hydrogen-bond acceptors (Lipinski definition) is 3. The molecule has 3 rings (SSSR count). The van der Waals surface area contributed by atoms with Crippen LogP contribution in [0.4, 0.5) is 0 Å². The summed E-state index contributed by atoms with van der Waals surface area (Å²) in [6.07, 6.45) is 5.67. The lowest BCUT2D eigenvalue weighted by atomic mass is 10.0. The van der Waals surface area contributed by atoms with E-state index in [9.17, 15) is 0 Å². The first kappa shape index (κ1) is 19.5. The molecule has 5 nitrogen and oxygen atoms in total. The molecule has 27 heavy (non-hydrogen) atoms. The van der Waals surface area contributed by atoms with Crippen LogP contribution in [0.1, 0.15) is 50.0 Å². The van der Waals surface area contributed by atoms with Gasteiger partial charge < -0.3 is 15.1 Å². The van der Waals surface area contributed by atoms with E-state index in [-0.39, 0.29) is 0 Å². The molecule has 0 spiro atoms. The minimum atomic E-state index is 0.631. The third kappa shape index (κ3) is 5.86. The maximum Gasteiger partial charge on any atom is 0.191 e. The summed E-state index contributed by atoms with van der Waals surface area (Å²) in [5.74, 6) is 1.72. The first-order valence-corrected chi connectivity index (χ1v) is 10.1. The van der Waals surface area contributed by atoms with Gasteiger partial charge in [-0.05, 0) is 56.5 Å². The van der Waals surface area contributed by atoms with Crippen molar-refractivity contribution in [2.45, 2.75) is 58.8 Å². The second kappa shape index (κ2) is 10.2. The molecule has 0 amide bonds. The van der Waals surface area contributed by atoms with Crippen LogP contribution in [0, 0.1) is 0 Å². The Bertz CT molecular complexity index is 711. The highest BCUT2D eigenvalue weighted by molar-refractivity contribution is 5.79. The predicted octanol–water partition coefficient (Wildman–Crippen LogP) is 3.91. The lowest BCUT2D eigenvalue weighted by Crippen LogP contribution is -2.37. The van der Waals surface area contributed by atoms with E-state index in [0.717, 1.165) is 24.8 Å². The number of furan rings is 1. The number of nitrogens with one attached hydrogen (secondary N) is 2. The van der Waals surface area contributed by atoms with Crippen LogP contribution in [0.25, 0.3) is 0 Å². The monoisotopic (exact) mass is 368 g/mol. The van der Waals surface area contributed by atoms with Crippen LogP contribution in [0.15, 0.2) is 52.1 Å². The molecule has 0 bridgehead atoms. The second-order valence-corrected chi connectivity index (χ2v) is 7.21. The summed E-state index contributed by atoms with van der Waals surface area (Å²) < 4.78 is 5.39. The number of likely N-dealkylation sites (tertiary alicyclic amines) is 1. The van der Waals surface area contributed by atoms with Crippen molar-refractivity contribution < 1.29 is 4.42 Å². The van der Waals surface area contributed by atoms with Crippen molar-refractivity contribution >= 4 is 5.96 Å². The molecule has 1 fully saturated rings. The average molecular weight is 369 g/mol. The maximum absolute atomic E-state index is 5.39. The third-order valence-electron chi connectivity index (χ3n) is 5.19. The Morgan fingerprint density at radius 1 is 1.15 bits per heavy atom. The molecule has 1 aliphatic heterocycles. The van der Waals surface area contributed by atoms with Crippen LogP contribution in [-0.2, 0) is 19.6 Å². The van der Waals surface area contributed by atoms with Crippen molar-refractivity contribution in [1.29, 1.82) is 0 Å². The topological polar surface area (TPSA) is 52.8 Å². The number of guanidine groups is 1. The number of hydrogen-bond donors (Lipinski definition) is 2. The van der Waals surface area contributed by atoms with Crippen LogP contribution in [0.2, 0.25) is 0 Å². The fraction of sp³-hybridized carbons (Fsp3) is 0.500. The number of aliphatic imine (C=N–C) groups is 1. The molecule has 1 aliphatic rings. The quantitative estimate of drug-likeness (QED) is 0.575. The van der Waals surface area contributed by atoms with E-state index >= 15 is 0 Å². The summed E-state index contributed by atoms with van der Waals surface area (Å²) >= 11 is 0. The van der Waals surface area contributed by atoms with Gasteiger partial charge in [0.05, 0.1) is 19.4 Å². The Morgan fingerprint density at radius 2 is 2.00 bits per heavy atom. The molecule has 146 valence electrons. The molecule has 2 aromatic rings. The van der Waals surface area contributed by atoms with E-state index in [2.05, 4.69) is 53.6 Å². The molecule has 2 N–H and O–H groups in total. The Labute approximate surface area is 162 Å². The molecule has 0 saturated carbocycles. The third-order valence-corrected chi connectivity index (χ3v) is 5.19. The van der Waals surface area contributed by atoms with Crippen molar-refractivity contribution in [3.8, 4) is 0 Å². The Hall–Kier alpha value is -2.27. The van der Waals surface area contributed by atoms with Gasteiger partial charge in [-0.2, -0.15) is 0 Å². The van der Waals surface area contributed by atoms with Gasteiger partial charge in [0, 0.05) is 19.1 Å². The summed E-state index contributed by atoms with van der Waals surface area (Å²) in [7, 11) is 0. The highest BCUT2D eigenvalue weighted by Gasteiger charge is 2.19. The molecule has 1 saturated heterocycles. The normalized spacial score (nSPS) is 18.4. The van der Waals surface area contributed by atoms with Gasteiger partial charge in [-0.3, -0.25) is 4.90 Å². The Morgan fingerprint density at radius 3 is 2.74 bits per heavy atom. The zero-order chi connectivity index (χ0) is 18.9. The zero-order valence-corrected chi connectivity index (χ0v) is 16.6. The number of piperidine rings is 1. The lowest BCUT2D eigenvalue weighted by molar-refractivity contribution is 0.152. The van der Waals surface area contributed by atoms with Gasteiger partial charge in [-0.1, -0.05) is 30.7 Å². The van der Waals surface area contributed by atoms with E-state index in [1.54, 1.807) is 6.26 Å². The highest BCUT2D eigenvalue weighted by atomic mass is 16.3. The molecule has 1 aromatic carbocycles. The van der Waals surface area contributed by atoms with Gasteiger partial charge in [-0.15, -0.1) is 0 Å². The van der Waals surface area contributed by atoms with Gasteiger partial charge in [0.1, 0.15) is 5.76 Å². The van der Waals surface area contributed by atoms with Crippen molar-refractivity contribution in [1.82, 2.24) is 15.5 Å². The van der Waals surface area contributed by atoms with Gasteiger partial charge in [0.25, 0.3) is 0 Å². The van der Waals surface area contributed by atoms with Crippen LogP contribution >= 0.6 is 0 Å². The number of nitrogens with zero attached hydrogens (tertiary/aromatic N) is 2. The molecule has 0 aliphatic carbocycles. The van der Waals surface area contributed by atoms with E-state index in [4.69, 9.17) is 9.41 Å². The fourth-order valence-corrected chi connectivity index (χ4v) is 3.57. The van der Waals surface area contributed by atoms with E-state index in [1.807, 2.05) is 12.1 Å². The van der Waals surface area contributed by atoms with E-state index < -0.39 is 0 Å². The van der Waals surface area contributed by atoms with Crippen LogP contribution < -0.4 is 10.6 Å².